The molecule has 0 fully saturated rings. The van der Waals surface area contributed by atoms with Crippen LogP contribution in [-0.2, 0) is 0 Å². The van der Waals surface area contributed by atoms with Crippen LogP contribution in [0.2, 0.25) is 0 Å². The molecular formula is C18H16. The van der Waals surface area contributed by atoms with E-state index < -0.39 is 0 Å². The van der Waals surface area contributed by atoms with Gasteiger partial charge in [0, 0.05) is 0 Å². The van der Waals surface area contributed by atoms with Gasteiger partial charge in [-0.05, 0) is 46.5 Å². The minimum Gasteiger partial charge on any atom is -0.0870 e. The Kier molecular flexibility index (Phi) is 2.64. The predicted octanol–water partition coefficient (Wildman–Crippen LogP) is 5.33. The fraction of sp³-hybridized carbons (Fsp3) is 0.111. The quantitative estimate of drug-likeness (QED) is 0.497. The van der Waals surface area contributed by atoms with Crippen LogP contribution in [0.15, 0.2) is 54.6 Å². The lowest BCUT2D eigenvalue weighted by molar-refractivity contribution is 1.52. The van der Waals surface area contributed by atoms with Crippen molar-refractivity contribution < 1.29 is 0 Å². The van der Waals surface area contributed by atoms with Crippen LogP contribution >= 0.6 is 0 Å². The van der Waals surface area contributed by atoms with Crippen LogP contribution in [0.1, 0.15) is 18.1 Å². The molecule has 0 amide bonds. The molecule has 0 aromatic heterocycles. The molecule has 0 unspecified atom stereocenters. The Labute approximate surface area is 108 Å². The van der Waals surface area contributed by atoms with Crippen LogP contribution in [0.25, 0.3) is 27.6 Å². The molecule has 0 aliphatic heterocycles. The van der Waals surface area contributed by atoms with Crippen molar-refractivity contribution in [2.45, 2.75) is 13.8 Å². The Bertz CT molecular complexity index is 748. The van der Waals surface area contributed by atoms with Crippen molar-refractivity contribution >= 4 is 27.6 Å². The van der Waals surface area contributed by atoms with Gasteiger partial charge in [-0.2, -0.15) is 0 Å². The van der Waals surface area contributed by atoms with Crippen molar-refractivity contribution in [2.24, 2.45) is 0 Å². The van der Waals surface area contributed by atoms with E-state index in [2.05, 4.69) is 74.5 Å². The van der Waals surface area contributed by atoms with Crippen molar-refractivity contribution in [3.63, 3.8) is 0 Å². The van der Waals surface area contributed by atoms with Gasteiger partial charge in [0.15, 0.2) is 0 Å². The summed E-state index contributed by atoms with van der Waals surface area (Å²) < 4.78 is 0. The van der Waals surface area contributed by atoms with E-state index in [9.17, 15) is 0 Å². The van der Waals surface area contributed by atoms with Gasteiger partial charge in [-0.15, -0.1) is 0 Å². The monoisotopic (exact) mass is 232 g/mol. The van der Waals surface area contributed by atoms with Gasteiger partial charge in [0.05, 0.1) is 0 Å². The summed E-state index contributed by atoms with van der Waals surface area (Å²) in [5, 5.41) is 5.38. The van der Waals surface area contributed by atoms with Crippen LogP contribution in [0.3, 0.4) is 0 Å². The first-order chi connectivity index (χ1) is 8.83. The molecule has 0 spiro atoms. The Hall–Kier alpha value is -2.08. The highest BCUT2D eigenvalue weighted by molar-refractivity contribution is 6.12. The fourth-order valence-corrected chi connectivity index (χ4v) is 2.73. The van der Waals surface area contributed by atoms with Gasteiger partial charge in [0.25, 0.3) is 0 Å². The molecule has 88 valence electrons. The Balaban J connectivity index is 2.62. The third-order valence-corrected chi connectivity index (χ3v) is 3.58. The number of hydrogen-bond acceptors (Lipinski definition) is 0. The molecule has 0 aliphatic carbocycles. The highest BCUT2D eigenvalue weighted by atomic mass is 14.1. The fourth-order valence-electron chi connectivity index (χ4n) is 2.73. The van der Waals surface area contributed by atoms with Gasteiger partial charge < -0.3 is 0 Å². The van der Waals surface area contributed by atoms with Gasteiger partial charge in [-0.1, -0.05) is 60.7 Å². The van der Waals surface area contributed by atoms with Crippen molar-refractivity contribution in [3.05, 3.63) is 65.7 Å². The van der Waals surface area contributed by atoms with Crippen molar-refractivity contribution in [1.29, 1.82) is 0 Å². The summed E-state index contributed by atoms with van der Waals surface area (Å²) in [7, 11) is 0. The van der Waals surface area contributed by atoms with Crippen molar-refractivity contribution in [2.75, 3.05) is 0 Å². The summed E-state index contributed by atoms with van der Waals surface area (Å²) in [4.78, 5) is 0. The zero-order chi connectivity index (χ0) is 12.5. The largest absolute Gasteiger partial charge is 0.0870 e. The summed E-state index contributed by atoms with van der Waals surface area (Å²) in [6, 6.07) is 17.3. The van der Waals surface area contributed by atoms with E-state index in [1.54, 1.807) is 0 Å². The van der Waals surface area contributed by atoms with E-state index in [0.717, 1.165) is 0 Å². The predicted molar refractivity (Wildman–Crippen MR) is 80.9 cm³/mol. The van der Waals surface area contributed by atoms with Gasteiger partial charge in [0.1, 0.15) is 0 Å². The summed E-state index contributed by atoms with van der Waals surface area (Å²) in [6.07, 6.45) is 4.33. The number of allylic oxidation sites excluding steroid dienone is 1. The summed E-state index contributed by atoms with van der Waals surface area (Å²) >= 11 is 0. The van der Waals surface area contributed by atoms with E-state index in [-0.39, 0.29) is 0 Å². The van der Waals surface area contributed by atoms with Gasteiger partial charge in [-0.3, -0.25) is 0 Å². The second kappa shape index (κ2) is 4.30. The van der Waals surface area contributed by atoms with E-state index in [1.807, 2.05) is 0 Å². The number of benzene rings is 3. The Morgan fingerprint density at radius 3 is 1.83 bits per heavy atom. The molecule has 0 saturated heterocycles. The molecule has 0 heteroatoms. The van der Waals surface area contributed by atoms with Crippen LogP contribution in [0.5, 0.6) is 0 Å². The maximum Gasteiger partial charge on any atom is -0.00992 e. The maximum absolute atomic E-state index is 2.21. The molecule has 3 aromatic carbocycles. The van der Waals surface area contributed by atoms with Gasteiger partial charge >= 0.3 is 0 Å². The van der Waals surface area contributed by atoms with Gasteiger partial charge in [0.2, 0.25) is 0 Å². The Morgan fingerprint density at radius 2 is 1.22 bits per heavy atom. The van der Waals surface area contributed by atoms with E-state index in [1.165, 1.54) is 32.7 Å². The summed E-state index contributed by atoms with van der Waals surface area (Å²) in [6.45, 7) is 4.29. The molecule has 3 aromatic rings. The minimum absolute atomic E-state index is 1.34. The zero-order valence-corrected chi connectivity index (χ0v) is 10.8. The Morgan fingerprint density at radius 1 is 0.722 bits per heavy atom. The topological polar surface area (TPSA) is 0 Å². The van der Waals surface area contributed by atoms with E-state index >= 15 is 0 Å². The molecule has 0 N–H and O–H groups in total. The molecule has 18 heavy (non-hydrogen) atoms. The zero-order valence-electron chi connectivity index (χ0n) is 10.8. The molecule has 0 atom stereocenters. The SMILES string of the molecule is C/C=C/c1c(C)c2ccccc2c2ccccc12. The first-order valence-electron chi connectivity index (χ1n) is 6.35. The molecule has 0 radical (unpaired) electrons. The third kappa shape index (κ3) is 1.53. The molecule has 0 saturated carbocycles. The molecule has 0 aliphatic rings. The number of hydrogen-bond donors (Lipinski definition) is 0. The summed E-state index contributed by atoms with van der Waals surface area (Å²) in [5.74, 6) is 0. The van der Waals surface area contributed by atoms with Crippen molar-refractivity contribution in [3.8, 4) is 0 Å². The molecule has 0 bridgehead atoms. The first-order valence-corrected chi connectivity index (χ1v) is 6.35. The van der Waals surface area contributed by atoms with Crippen LogP contribution in [-0.4, -0.2) is 0 Å². The second-order valence-corrected chi connectivity index (χ2v) is 4.63. The van der Waals surface area contributed by atoms with Gasteiger partial charge in [-0.25, -0.2) is 0 Å². The smallest absolute Gasteiger partial charge is 0.00992 e. The lowest BCUT2D eigenvalue weighted by Crippen LogP contribution is -1.88. The standard InChI is InChI=1S/C18H16/c1-3-8-14-13(2)15-9-4-5-11-17(15)18-12-7-6-10-16(14)18/h3-12H,1-2H3/b8-3+. The molecule has 0 nitrogen and oxygen atoms in total. The average molecular weight is 232 g/mol. The van der Waals surface area contributed by atoms with Crippen LogP contribution in [0.4, 0.5) is 0 Å². The van der Waals surface area contributed by atoms with E-state index in [4.69, 9.17) is 0 Å². The minimum atomic E-state index is 1.34. The molecule has 3 rings (SSSR count). The molecular weight excluding hydrogens is 216 g/mol. The van der Waals surface area contributed by atoms with Crippen LogP contribution < -0.4 is 0 Å². The van der Waals surface area contributed by atoms with Crippen molar-refractivity contribution in [1.82, 2.24) is 0 Å². The highest BCUT2D eigenvalue weighted by Crippen LogP contribution is 2.32. The molecule has 0 heterocycles. The average Bonchev–Trinajstić information content (AvgIpc) is 2.43. The lowest BCUT2D eigenvalue weighted by atomic mass is 9.92. The third-order valence-electron chi connectivity index (χ3n) is 3.58. The number of rotatable bonds is 1. The van der Waals surface area contributed by atoms with E-state index in [0.29, 0.717) is 0 Å². The maximum atomic E-state index is 2.21. The highest BCUT2D eigenvalue weighted by Gasteiger charge is 2.08. The number of aryl methyl sites for hydroxylation is 1. The first kappa shape index (κ1) is 11.0. The number of fused-ring (bicyclic) bond motifs is 3. The normalized spacial score (nSPS) is 11.7. The summed E-state index contributed by atoms with van der Waals surface area (Å²) in [5.41, 5.74) is 2.70. The second-order valence-electron chi connectivity index (χ2n) is 4.63. The van der Waals surface area contributed by atoms with Crippen LogP contribution in [0, 0.1) is 6.92 Å². The lowest BCUT2D eigenvalue weighted by Gasteiger charge is -2.12.